The van der Waals surface area contributed by atoms with Crippen LogP contribution in [0.5, 0.6) is 5.75 Å². The van der Waals surface area contributed by atoms with Crippen molar-refractivity contribution in [2.75, 3.05) is 12.8 Å². The zero-order valence-corrected chi connectivity index (χ0v) is 12.7. The van der Waals surface area contributed by atoms with E-state index < -0.39 is 16.4 Å². The van der Waals surface area contributed by atoms with Crippen molar-refractivity contribution in [2.24, 2.45) is 0 Å². The van der Waals surface area contributed by atoms with Gasteiger partial charge in [-0.1, -0.05) is 0 Å². The summed E-state index contributed by atoms with van der Waals surface area (Å²) in [6.45, 7) is 0.132. The molecule has 0 spiro atoms. The van der Waals surface area contributed by atoms with Gasteiger partial charge in [0, 0.05) is 13.0 Å². The van der Waals surface area contributed by atoms with Gasteiger partial charge in [-0.05, 0) is 24.3 Å². The molecule has 11 heteroatoms. The monoisotopic (exact) mass is 350 g/mol. The largest absolute Gasteiger partial charge is 0.573 e. The van der Waals surface area contributed by atoms with Gasteiger partial charge in [-0.25, -0.2) is 22.8 Å². The zero-order chi connectivity index (χ0) is 17.1. The molecule has 0 radical (unpaired) electrons. The normalized spacial score (nSPS) is 12.3. The predicted octanol–water partition coefficient (Wildman–Crippen LogP) is 1.26. The molecule has 7 nitrogen and oxygen atoms in total. The smallest absolute Gasteiger partial charge is 0.406 e. The summed E-state index contributed by atoms with van der Waals surface area (Å²) in [5, 5.41) is 3.97. The highest BCUT2D eigenvalue weighted by Gasteiger charge is 2.31. The summed E-state index contributed by atoms with van der Waals surface area (Å²) in [6, 6.07) is 5.10. The number of benzene rings is 1. The Kier molecular flexibility index (Phi) is 4.90. The van der Waals surface area contributed by atoms with Crippen molar-refractivity contribution in [3.63, 3.8) is 0 Å². The summed E-state index contributed by atoms with van der Waals surface area (Å²) in [7, 11) is -3.31. The van der Waals surface area contributed by atoms with E-state index in [-0.39, 0.29) is 18.7 Å². The molecule has 2 rings (SSSR count). The van der Waals surface area contributed by atoms with E-state index in [0.717, 1.165) is 18.4 Å². The Bertz CT molecular complexity index is 757. The van der Waals surface area contributed by atoms with Crippen molar-refractivity contribution in [3.05, 3.63) is 36.4 Å². The van der Waals surface area contributed by atoms with Crippen LogP contribution in [0.25, 0.3) is 5.69 Å². The first-order valence-corrected chi connectivity index (χ1v) is 8.23. The lowest BCUT2D eigenvalue weighted by molar-refractivity contribution is -0.274. The molecule has 0 amide bonds. The average Bonchev–Trinajstić information content (AvgIpc) is 2.85. The zero-order valence-electron chi connectivity index (χ0n) is 11.9. The molecule has 0 bridgehead atoms. The predicted molar refractivity (Wildman–Crippen MR) is 74.6 cm³/mol. The first kappa shape index (κ1) is 17.2. The van der Waals surface area contributed by atoms with Gasteiger partial charge in [-0.15, -0.1) is 13.2 Å². The van der Waals surface area contributed by atoms with Gasteiger partial charge in [0.2, 0.25) is 10.0 Å². The van der Waals surface area contributed by atoms with E-state index in [2.05, 4.69) is 19.5 Å². The second-order valence-corrected chi connectivity index (χ2v) is 6.38. The third kappa shape index (κ3) is 5.53. The SMILES string of the molecule is CS(=O)(=O)NCCc1ncnn1-c1ccc(OC(F)(F)F)cc1. The van der Waals surface area contributed by atoms with Crippen molar-refractivity contribution in [1.82, 2.24) is 19.5 Å². The minimum absolute atomic E-state index is 0.132. The van der Waals surface area contributed by atoms with Crippen LogP contribution < -0.4 is 9.46 Å². The summed E-state index contributed by atoms with van der Waals surface area (Å²) in [5.41, 5.74) is 0.478. The molecule has 1 aromatic heterocycles. The molecule has 0 aliphatic carbocycles. The van der Waals surface area contributed by atoms with Crippen LogP contribution in [-0.4, -0.2) is 42.3 Å². The van der Waals surface area contributed by atoms with E-state index in [1.165, 1.54) is 23.1 Å². The van der Waals surface area contributed by atoms with Gasteiger partial charge < -0.3 is 4.74 Å². The first-order chi connectivity index (χ1) is 10.6. The second kappa shape index (κ2) is 6.54. The van der Waals surface area contributed by atoms with Gasteiger partial charge in [0.25, 0.3) is 0 Å². The maximum atomic E-state index is 12.1. The molecule has 126 valence electrons. The standard InChI is InChI=1S/C12H13F3N4O3S/c1-23(20,21)18-7-6-11-16-8-17-19(11)9-2-4-10(5-3-9)22-12(13,14)15/h2-5,8,18H,6-7H2,1H3. The van der Waals surface area contributed by atoms with E-state index in [4.69, 9.17) is 0 Å². The minimum Gasteiger partial charge on any atom is -0.406 e. The van der Waals surface area contributed by atoms with E-state index >= 15 is 0 Å². The molecular weight excluding hydrogens is 337 g/mol. The lowest BCUT2D eigenvalue weighted by atomic mass is 10.3. The topological polar surface area (TPSA) is 86.1 Å². The van der Waals surface area contributed by atoms with Crippen LogP contribution in [0, 0.1) is 0 Å². The van der Waals surface area contributed by atoms with Crippen molar-refractivity contribution < 1.29 is 26.3 Å². The summed E-state index contributed by atoms with van der Waals surface area (Å²) in [6.07, 6.45) is -2.17. The van der Waals surface area contributed by atoms with Crippen LogP contribution >= 0.6 is 0 Å². The third-order valence-electron chi connectivity index (χ3n) is 2.65. The van der Waals surface area contributed by atoms with Crippen molar-refractivity contribution in [1.29, 1.82) is 0 Å². The fraction of sp³-hybridized carbons (Fsp3) is 0.333. The second-order valence-electron chi connectivity index (χ2n) is 4.55. The van der Waals surface area contributed by atoms with Gasteiger partial charge in [-0.3, -0.25) is 0 Å². The molecular formula is C12H13F3N4O3S. The number of nitrogens with one attached hydrogen (secondary N) is 1. The van der Waals surface area contributed by atoms with Crippen LogP contribution in [0.2, 0.25) is 0 Å². The fourth-order valence-electron chi connectivity index (χ4n) is 1.79. The number of nitrogens with zero attached hydrogens (tertiary/aromatic N) is 3. The van der Waals surface area contributed by atoms with Gasteiger partial charge in [0.1, 0.15) is 17.9 Å². The molecule has 0 atom stereocenters. The van der Waals surface area contributed by atoms with Crippen LogP contribution in [0.3, 0.4) is 0 Å². The minimum atomic E-state index is -4.75. The number of aromatic nitrogens is 3. The number of ether oxygens (including phenoxy) is 1. The Morgan fingerprint density at radius 2 is 1.91 bits per heavy atom. The van der Waals surface area contributed by atoms with Crippen LogP contribution in [0.1, 0.15) is 5.82 Å². The van der Waals surface area contributed by atoms with Crippen molar-refractivity contribution in [3.8, 4) is 11.4 Å². The Labute approximate surface area is 130 Å². The summed E-state index contributed by atoms with van der Waals surface area (Å²) in [4.78, 5) is 4.00. The fourth-order valence-corrected chi connectivity index (χ4v) is 2.26. The van der Waals surface area contributed by atoms with E-state index in [0.29, 0.717) is 11.5 Å². The highest BCUT2D eigenvalue weighted by molar-refractivity contribution is 7.88. The van der Waals surface area contributed by atoms with Gasteiger partial charge >= 0.3 is 6.36 Å². The van der Waals surface area contributed by atoms with E-state index in [9.17, 15) is 21.6 Å². The Morgan fingerprint density at radius 3 is 2.48 bits per heavy atom. The Morgan fingerprint density at radius 1 is 1.26 bits per heavy atom. The number of hydrogen-bond acceptors (Lipinski definition) is 5. The van der Waals surface area contributed by atoms with Crippen LogP contribution in [0.15, 0.2) is 30.6 Å². The number of hydrogen-bond donors (Lipinski definition) is 1. The molecule has 0 unspecified atom stereocenters. The van der Waals surface area contributed by atoms with E-state index in [1.807, 2.05) is 0 Å². The quantitative estimate of drug-likeness (QED) is 0.848. The van der Waals surface area contributed by atoms with Crippen LogP contribution in [-0.2, 0) is 16.4 Å². The molecule has 1 heterocycles. The lowest BCUT2D eigenvalue weighted by Gasteiger charge is -2.10. The van der Waals surface area contributed by atoms with Gasteiger partial charge in [0.15, 0.2) is 0 Å². The molecule has 1 aromatic carbocycles. The van der Waals surface area contributed by atoms with Crippen LogP contribution in [0.4, 0.5) is 13.2 Å². The Balaban J connectivity index is 2.09. The maximum Gasteiger partial charge on any atom is 0.573 e. The van der Waals surface area contributed by atoms with Crippen molar-refractivity contribution in [2.45, 2.75) is 12.8 Å². The first-order valence-electron chi connectivity index (χ1n) is 6.34. The molecule has 0 saturated heterocycles. The number of sulfonamides is 1. The molecule has 0 saturated carbocycles. The maximum absolute atomic E-state index is 12.1. The number of rotatable bonds is 6. The lowest BCUT2D eigenvalue weighted by Crippen LogP contribution is -2.25. The average molecular weight is 350 g/mol. The highest BCUT2D eigenvalue weighted by Crippen LogP contribution is 2.23. The van der Waals surface area contributed by atoms with Gasteiger partial charge in [-0.2, -0.15) is 5.10 Å². The molecule has 0 aliphatic rings. The highest BCUT2D eigenvalue weighted by atomic mass is 32.2. The van der Waals surface area contributed by atoms with E-state index in [1.54, 1.807) is 0 Å². The number of halogens is 3. The molecule has 0 fully saturated rings. The van der Waals surface area contributed by atoms with Gasteiger partial charge in [0.05, 0.1) is 11.9 Å². The molecule has 23 heavy (non-hydrogen) atoms. The summed E-state index contributed by atoms with van der Waals surface area (Å²) >= 11 is 0. The summed E-state index contributed by atoms with van der Waals surface area (Å²) < 4.78 is 65.8. The van der Waals surface area contributed by atoms with Crippen molar-refractivity contribution >= 4 is 10.0 Å². The summed E-state index contributed by atoms with van der Waals surface area (Å²) in [5.74, 6) is 0.118. The molecule has 2 aromatic rings. The molecule has 0 aliphatic heterocycles. The third-order valence-corrected chi connectivity index (χ3v) is 3.37. The Hall–Kier alpha value is -2.14. The molecule has 1 N–H and O–H groups in total. The number of alkyl halides is 3.